The van der Waals surface area contributed by atoms with Crippen molar-refractivity contribution in [3.8, 4) is 0 Å². The van der Waals surface area contributed by atoms with E-state index in [0.29, 0.717) is 12.8 Å². The minimum absolute atomic E-state index is 0. The van der Waals surface area contributed by atoms with E-state index in [1.165, 1.54) is 51.4 Å². The maximum absolute atomic E-state index is 11.5. The van der Waals surface area contributed by atoms with Gasteiger partial charge in [0, 0.05) is 5.25 Å². The number of aliphatic hydroxyl groups excluding tert-OH is 1. The van der Waals surface area contributed by atoms with Gasteiger partial charge in [-0.05, 0) is 25.7 Å². The number of unbranched alkanes of at least 4 members (excludes halogenated alkanes) is 13. The molecule has 0 aliphatic heterocycles. The predicted molar refractivity (Wildman–Crippen MR) is 119 cm³/mol. The fraction of sp³-hybridized carbons (Fsp3) is 1.00. The molecular weight excluding hydrogens is 411 g/mol. The molecule has 170 valence electrons. The van der Waals surface area contributed by atoms with Crippen LogP contribution in [0.1, 0.15) is 136 Å². The summed E-state index contributed by atoms with van der Waals surface area (Å²) in [4.78, 5) is 0. The van der Waals surface area contributed by atoms with Crippen molar-refractivity contribution in [3.63, 3.8) is 0 Å². The Kier molecular flexibility index (Phi) is 25.6. The second-order valence-electron chi connectivity index (χ2n) is 8.49. The maximum atomic E-state index is 11.5. The molecule has 0 fully saturated rings. The van der Waals surface area contributed by atoms with Crippen molar-refractivity contribution < 1.29 is 69.5 Å². The molecule has 0 saturated carbocycles. The van der Waals surface area contributed by atoms with Crippen molar-refractivity contribution >= 4 is 10.1 Å². The second kappa shape index (κ2) is 22.7. The quantitative estimate of drug-likeness (QED) is 0.162. The Morgan fingerprint density at radius 2 is 1.00 bits per heavy atom. The average Bonchev–Trinajstić information content (AvgIpc) is 2.65. The smallest absolute Gasteiger partial charge is 0.748 e. The van der Waals surface area contributed by atoms with Crippen LogP contribution in [-0.4, -0.2) is 29.4 Å². The summed E-state index contributed by atoms with van der Waals surface area (Å²) in [5, 5.41) is 8.82. The molecule has 0 spiro atoms. The van der Waals surface area contributed by atoms with Crippen LogP contribution >= 0.6 is 0 Å². The van der Waals surface area contributed by atoms with Crippen LogP contribution in [0.15, 0.2) is 0 Å². The summed E-state index contributed by atoms with van der Waals surface area (Å²) in [6.07, 6.45) is 19.7. The van der Waals surface area contributed by atoms with Gasteiger partial charge in [-0.2, -0.15) is 0 Å². The Bertz CT molecular complexity index is 429. The fourth-order valence-electron chi connectivity index (χ4n) is 3.78. The first kappa shape index (κ1) is 32.7. The number of rotatable bonds is 21. The molecule has 0 aliphatic rings. The molecule has 0 bridgehead atoms. The molecule has 0 heterocycles. The number of hydrogen-bond donors (Lipinski definition) is 1. The van der Waals surface area contributed by atoms with Crippen molar-refractivity contribution in [2.24, 2.45) is 0 Å². The van der Waals surface area contributed by atoms with E-state index in [2.05, 4.69) is 6.92 Å². The predicted octanol–water partition coefficient (Wildman–Crippen LogP) is 3.72. The maximum Gasteiger partial charge on any atom is 1.00 e. The SMILES string of the molecule is CCCCCCCCCCCCCC(CCCCCCC(O)CC)S(=O)(=O)[O-].[K+]. The van der Waals surface area contributed by atoms with Crippen LogP contribution in [0.2, 0.25) is 0 Å². The molecule has 2 unspecified atom stereocenters. The molecule has 0 aromatic rings. The summed E-state index contributed by atoms with van der Waals surface area (Å²) in [5.41, 5.74) is 0. The first-order valence-electron chi connectivity index (χ1n) is 12.0. The molecule has 1 N–H and O–H groups in total. The van der Waals surface area contributed by atoms with Gasteiger partial charge < -0.3 is 9.66 Å². The molecule has 0 amide bonds. The van der Waals surface area contributed by atoms with Crippen LogP contribution in [0.3, 0.4) is 0 Å². The summed E-state index contributed by atoms with van der Waals surface area (Å²) in [6.45, 7) is 4.21. The summed E-state index contributed by atoms with van der Waals surface area (Å²) in [6, 6.07) is 0. The van der Waals surface area contributed by atoms with Crippen molar-refractivity contribution in [2.75, 3.05) is 0 Å². The standard InChI is InChI=1S/C23H48O4S.K/c1-3-5-6-7-8-9-10-11-12-13-17-20-23(28(25,26)27)21-18-15-14-16-19-22(24)4-2;/h22-24H,3-21H2,1-2H3,(H,25,26,27);/q;+1/p-1. The van der Waals surface area contributed by atoms with Crippen LogP contribution in [0.5, 0.6) is 0 Å². The van der Waals surface area contributed by atoms with E-state index in [9.17, 15) is 18.1 Å². The van der Waals surface area contributed by atoms with Crippen LogP contribution < -0.4 is 51.4 Å². The third-order valence-electron chi connectivity index (χ3n) is 5.82. The van der Waals surface area contributed by atoms with Crippen LogP contribution in [0, 0.1) is 0 Å². The summed E-state index contributed by atoms with van der Waals surface area (Å²) in [7, 11) is -4.18. The average molecular weight is 459 g/mol. The van der Waals surface area contributed by atoms with E-state index in [1.807, 2.05) is 6.92 Å². The first-order chi connectivity index (χ1) is 13.4. The third kappa shape index (κ3) is 22.5. The summed E-state index contributed by atoms with van der Waals surface area (Å²) < 4.78 is 34.5. The van der Waals surface area contributed by atoms with Crippen LogP contribution in [-0.2, 0) is 10.1 Å². The van der Waals surface area contributed by atoms with Gasteiger partial charge in [0.05, 0.1) is 16.2 Å². The third-order valence-corrected chi connectivity index (χ3v) is 7.11. The van der Waals surface area contributed by atoms with Crippen molar-refractivity contribution in [1.29, 1.82) is 0 Å². The molecule has 0 radical (unpaired) electrons. The first-order valence-corrected chi connectivity index (χ1v) is 13.5. The van der Waals surface area contributed by atoms with Crippen molar-refractivity contribution in [1.82, 2.24) is 0 Å². The van der Waals surface area contributed by atoms with Gasteiger partial charge in [-0.3, -0.25) is 0 Å². The molecule has 0 aromatic heterocycles. The fourth-order valence-corrected chi connectivity index (χ4v) is 4.69. The molecule has 0 saturated heterocycles. The van der Waals surface area contributed by atoms with Gasteiger partial charge in [0.1, 0.15) is 0 Å². The van der Waals surface area contributed by atoms with E-state index >= 15 is 0 Å². The van der Waals surface area contributed by atoms with E-state index < -0.39 is 15.4 Å². The van der Waals surface area contributed by atoms with E-state index in [1.54, 1.807) is 0 Å². The zero-order valence-corrected chi connectivity index (χ0v) is 23.6. The van der Waals surface area contributed by atoms with Gasteiger partial charge in [-0.1, -0.05) is 110 Å². The monoisotopic (exact) mass is 458 g/mol. The Balaban J connectivity index is 0. The van der Waals surface area contributed by atoms with Gasteiger partial charge >= 0.3 is 51.4 Å². The Labute approximate surface area is 224 Å². The van der Waals surface area contributed by atoms with Gasteiger partial charge in [-0.15, -0.1) is 0 Å². The van der Waals surface area contributed by atoms with Gasteiger partial charge in [0.25, 0.3) is 0 Å². The minimum atomic E-state index is -4.18. The van der Waals surface area contributed by atoms with Gasteiger partial charge in [0.15, 0.2) is 0 Å². The minimum Gasteiger partial charge on any atom is -0.748 e. The zero-order chi connectivity index (χ0) is 21.1. The molecular formula is C23H47KO4S. The normalized spacial score (nSPS) is 13.8. The number of hydrogen-bond acceptors (Lipinski definition) is 4. The molecule has 4 nitrogen and oxygen atoms in total. The van der Waals surface area contributed by atoms with E-state index in [4.69, 9.17) is 0 Å². The van der Waals surface area contributed by atoms with Gasteiger partial charge in [0.2, 0.25) is 0 Å². The Hall–Kier alpha value is 1.51. The molecule has 29 heavy (non-hydrogen) atoms. The topological polar surface area (TPSA) is 77.4 Å². The molecule has 0 aliphatic carbocycles. The van der Waals surface area contributed by atoms with Crippen LogP contribution in [0.4, 0.5) is 0 Å². The van der Waals surface area contributed by atoms with E-state index in [-0.39, 0.29) is 57.5 Å². The summed E-state index contributed by atoms with van der Waals surface area (Å²) >= 11 is 0. The number of aliphatic hydroxyl groups is 1. The second-order valence-corrected chi connectivity index (χ2v) is 10.1. The van der Waals surface area contributed by atoms with Crippen LogP contribution in [0.25, 0.3) is 0 Å². The summed E-state index contributed by atoms with van der Waals surface area (Å²) in [5.74, 6) is 0. The molecule has 0 aromatic carbocycles. The Morgan fingerprint density at radius 3 is 1.34 bits per heavy atom. The van der Waals surface area contributed by atoms with Crippen molar-refractivity contribution in [3.05, 3.63) is 0 Å². The molecule has 0 rings (SSSR count). The van der Waals surface area contributed by atoms with Gasteiger partial charge in [-0.25, -0.2) is 8.42 Å². The molecule has 2 atom stereocenters. The van der Waals surface area contributed by atoms with E-state index in [0.717, 1.165) is 57.8 Å². The zero-order valence-electron chi connectivity index (χ0n) is 19.7. The van der Waals surface area contributed by atoms with Crippen molar-refractivity contribution in [2.45, 2.75) is 147 Å². The largest absolute Gasteiger partial charge is 1.00 e. The molecule has 6 heteroatoms. The Morgan fingerprint density at radius 1 is 0.655 bits per heavy atom.